The maximum atomic E-state index is 11.8. The summed E-state index contributed by atoms with van der Waals surface area (Å²) in [5, 5.41) is 0. The molecular formula is C12H13IN2O2. The standard InChI is InChI=1S/C12H13IN2O2/c1-6(2)10-9(13)12(16)15-11(14-10)8-4-5-17-7(8)3/h4-6H,1-3H3,(H,14,15,16). The van der Waals surface area contributed by atoms with Crippen molar-refractivity contribution in [3.63, 3.8) is 0 Å². The highest BCUT2D eigenvalue weighted by molar-refractivity contribution is 14.1. The SMILES string of the molecule is Cc1occc1-c1nc(C(C)C)c(I)c(=O)[nH]1. The topological polar surface area (TPSA) is 58.9 Å². The molecule has 0 aromatic carbocycles. The van der Waals surface area contributed by atoms with Crippen LogP contribution in [0.1, 0.15) is 31.2 Å². The number of aryl methyl sites for hydroxylation is 1. The minimum atomic E-state index is -0.0973. The quantitative estimate of drug-likeness (QED) is 0.852. The number of halogens is 1. The molecule has 1 N–H and O–H groups in total. The predicted octanol–water partition coefficient (Wildman–Crippen LogP) is 3.07. The Morgan fingerprint density at radius 3 is 2.71 bits per heavy atom. The molecule has 0 atom stereocenters. The van der Waals surface area contributed by atoms with Crippen LogP contribution in [0.4, 0.5) is 0 Å². The molecule has 0 bridgehead atoms. The molecule has 2 rings (SSSR count). The fourth-order valence-corrected chi connectivity index (χ4v) is 2.50. The Labute approximate surface area is 113 Å². The second kappa shape index (κ2) is 4.64. The van der Waals surface area contributed by atoms with Crippen molar-refractivity contribution < 1.29 is 4.42 Å². The number of nitrogens with zero attached hydrogens (tertiary/aromatic N) is 1. The highest BCUT2D eigenvalue weighted by Gasteiger charge is 2.14. The molecule has 0 spiro atoms. The van der Waals surface area contributed by atoms with Crippen LogP contribution in [0, 0.1) is 10.5 Å². The third-order valence-corrected chi connectivity index (χ3v) is 3.59. The Morgan fingerprint density at radius 2 is 2.18 bits per heavy atom. The van der Waals surface area contributed by atoms with Gasteiger partial charge < -0.3 is 9.40 Å². The molecule has 0 fully saturated rings. The average molecular weight is 344 g/mol. The van der Waals surface area contributed by atoms with Crippen molar-refractivity contribution in [2.75, 3.05) is 0 Å². The molecule has 0 unspecified atom stereocenters. The summed E-state index contributed by atoms with van der Waals surface area (Å²) >= 11 is 2.03. The number of aromatic nitrogens is 2. The molecule has 0 saturated carbocycles. The summed E-state index contributed by atoms with van der Waals surface area (Å²) in [6.45, 7) is 5.90. The van der Waals surface area contributed by atoms with Crippen molar-refractivity contribution in [3.8, 4) is 11.4 Å². The summed E-state index contributed by atoms with van der Waals surface area (Å²) in [6, 6.07) is 1.81. The summed E-state index contributed by atoms with van der Waals surface area (Å²) in [4.78, 5) is 19.1. The van der Waals surface area contributed by atoms with Gasteiger partial charge in [0.25, 0.3) is 5.56 Å². The Morgan fingerprint density at radius 1 is 1.47 bits per heavy atom. The molecule has 0 aliphatic rings. The first kappa shape index (κ1) is 12.3. The maximum Gasteiger partial charge on any atom is 0.264 e. The van der Waals surface area contributed by atoms with Crippen LogP contribution in [0.15, 0.2) is 21.5 Å². The lowest BCUT2D eigenvalue weighted by Gasteiger charge is -2.08. The molecule has 17 heavy (non-hydrogen) atoms. The van der Waals surface area contributed by atoms with Gasteiger partial charge in [-0.1, -0.05) is 13.8 Å². The van der Waals surface area contributed by atoms with Crippen LogP contribution >= 0.6 is 22.6 Å². The van der Waals surface area contributed by atoms with Gasteiger partial charge in [0.05, 0.1) is 21.1 Å². The molecule has 0 amide bonds. The van der Waals surface area contributed by atoms with Crippen molar-refractivity contribution >= 4 is 22.6 Å². The summed E-state index contributed by atoms with van der Waals surface area (Å²) < 4.78 is 5.88. The van der Waals surface area contributed by atoms with Crippen molar-refractivity contribution in [3.05, 3.63) is 37.7 Å². The molecule has 2 heterocycles. The minimum Gasteiger partial charge on any atom is -0.469 e. The number of hydrogen-bond donors (Lipinski definition) is 1. The first-order valence-corrected chi connectivity index (χ1v) is 6.42. The molecule has 0 aliphatic carbocycles. The number of nitrogens with one attached hydrogen (secondary N) is 1. The number of H-pyrrole nitrogens is 1. The highest BCUT2D eigenvalue weighted by atomic mass is 127. The van der Waals surface area contributed by atoms with Gasteiger partial charge in [-0.2, -0.15) is 0 Å². The van der Waals surface area contributed by atoms with E-state index in [9.17, 15) is 4.79 Å². The summed E-state index contributed by atoms with van der Waals surface area (Å²) in [7, 11) is 0. The van der Waals surface area contributed by atoms with Gasteiger partial charge in [-0.3, -0.25) is 4.79 Å². The van der Waals surface area contributed by atoms with Gasteiger partial charge in [0.1, 0.15) is 11.6 Å². The fraction of sp³-hybridized carbons (Fsp3) is 0.333. The van der Waals surface area contributed by atoms with Crippen LogP contribution in [-0.4, -0.2) is 9.97 Å². The van der Waals surface area contributed by atoms with Crippen molar-refractivity contribution in [2.45, 2.75) is 26.7 Å². The van der Waals surface area contributed by atoms with E-state index < -0.39 is 0 Å². The second-order valence-corrected chi connectivity index (χ2v) is 5.24. The van der Waals surface area contributed by atoms with Crippen LogP contribution in [0.2, 0.25) is 0 Å². The zero-order chi connectivity index (χ0) is 12.6. The number of hydrogen-bond acceptors (Lipinski definition) is 3. The third kappa shape index (κ3) is 2.29. The summed E-state index contributed by atoms with van der Waals surface area (Å²) in [5.74, 6) is 1.55. The fourth-order valence-electron chi connectivity index (χ4n) is 1.62. The van der Waals surface area contributed by atoms with E-state index in [0.29, 0.717) is 9.39 Å². The molecular weight excluding hydrogens is 331 g/mol. The van der Waals surface area contributed by atoms with Crippen LogP contribution < -0.4 is 5.56 Å². The van der Waals surface area contributed by atoms with E-state index in [0.717, 1.165) is 17.0 Å². The summed E-state index contributed by atoms with van der Waals surface area (Å²) in [6.07, 6.45) is 1.59. The van der Waals surface area contributed by atoms with Crippen LogP contribution in [0.25, 0.3) is 11.4 Å². The normalized spacial score (nSPS) is 11.1. The van der Waals surface area contributed by atoms with Crippen molar-refractivity contribution in [1.82, 2.24) is 9.97 Å². The Bertz CT molecular complexity index is 599. The molecule has 2 aromatic rings. The van der Waals surface area contributed by atoms with E-state index in [2.05, 4.69) is 9.97 Å². The van der Waals surface area contributed by atoms with Gasteiger partial charge in [0, 0.05) is 0 Å². The summed E-state index contributed by atoms with van der Waals surface area (Å²) in [5.41, 5.74) is 1.56. The number of aromatic amines is 1. The van der Waals surface area contributed by atoms with E-state index >= 15 is 0 Å². The van der Waals surface area contributed by atoms with E-state index in [1.165, 1.54) is 0 Å². The molecule has 4 nitrogen and oxygen atoms in total. The molecule has 90 valence electrons. The monoisotopic (exact) mass is 344 g/mol. The maximum absolute atomic E-state index is 11.8. The minimum absolute atomic E-state index is 0.0973. The predicted molar refractivity (Wildman–Crippen MR) is 74.1 cm³/mol. The lowest BCUT2D eigenvalue weighted by molar-refractivity contribution is 0.535. The van der Waals surface area contributed by atoms with Crippen LogP contribution in [-0.2, 0) is 0 Å². The molecule has 5 heteroatoms. The molecule has 2 aromatic heterocycles. The molecule has 0 aliphatic heterocycles. The van der Waals surface area contributed by atoms with Gasteiger partial charge in [-0.15, -0.1) is 0 Å². The molecule has 0 radical (unpaired) electrons. The Kier molecular flexibility index (Phi) is 3.37. The third-order valence-electron chi connectivity index (χ3n) is 2.55. The van der Waals surface area contributed by atoms with E-state index in [1.54, 1.807) is 6.26 Å². The van der Waals surface area contributed by atoms with E-state index in [4.69, 9.17) is 4.42 Å². The largest absolute Gasteiger partial charge is 0.469 e. The van der Waals surface area contributed by atoms with Crippen LogP contribution in [0.5, 0.6) is 0 Å². The Balaban J connectivity index is 2.66. The average Bonchev–Trinajstić information content (AvgIpc) is 2.68. The van der Waals surface area contributed by atoms with Gasteiger partial charge >= 0.3 is 0 Å². The number of rotatable bonds is 2. The first-order chi connectivity index (χ1) is 8.00. The van der Waals surface area contributed by atoms with Crippen molar-refractivity contribution in [2.24, 2.45) is 0 Å². The second-order valence-electron chi connectivity index (χ2n) is 4.16. The highest BCUT2D eigenvalue weighted by Crippen LogP contribution is 2.23. The zero-order valence-corrected chi connectivity index (χ0v) is 12.0. The van der Waals surface area contributed by atoms with Gasteiger partial charge in [-0.25, -0.2) is 4.98 Å². The first-order valence-electron chi connectivity index (χ1n) is 5.35. The number of furan rings is 1. The lowest BCUT2D eigenvalue weighted by atomic mass is 10.1. The Hall–Kier alpha value is -1.11. The zero-order valence-electron chi connectivity index (χ0n) is 9.87. The smallest absolute Gasteiger partial charge is 0.264 e. The van der Waals surface area contributed by atoms with Crippen LogP contribution in [0.3, 0.4) is 0 Å². The van der Waals surface area contributed by atoms with E-state index in [-0.39, 0.29) is 11.5 Å². The van der Waals surface area contributed by atoms with Gasteiger partial charge in [0.2, 0.25) is 0 Å². The van der Waals surface area contributed by atoms with Gasteiger partial charge in [-0.05, 0) is 41.5 Å². The van der Waals surface area contributed by atoms with Gasteiger partial charge in [0.15, 0.2) is 0 Å². The van der Waals surface area contributed by atoms with E-state index in [1.807, 2.05) is 49.4 Å². The van der Waals surface area contributed by atoms with Crippen molar-refractivity contribution in [1.29, 1.82) is 0 Å². The molecule has 0 saturated heterocycles. The lowest BCUT2D eigenvalue weighted by Crippen LogP contribution is -2.17.